The number of fused-ring (bicyclic) bond motifs is 1. The summed E-state index contributed by atoms with van der Waals surface area (Å²) in [6.45, 7) is 1.72. The first-order valence-electron chi connectivity index (χ1n) is 7.48. The molecule has 0 unspecified atom stereocenters. The normalized spacial score (nSPS) is 15.2. The van der Waals surface area contributed by atoms with Crippen molar-refractivity contribution in [1.29, 1.82) is 0 Å². The van der Waals surface area contributed by atoms with E-state index in [1.54, 1.807) is 23.9 Å². The fourth-order valence-electron chi connectivity index (χ4n) is 2.59. The molecule has 0 amide bonds. The Balaban J connectivity index is 0.00000182. The van der Waals surface area contributed by atoms with Crippen LogP contribution in [0.15, 0.2) is 58.9 Å². The Morgan fingerprint density at radius 1 is 1.12 bits per heavy atom. The molecule has 2 aliphatic heterocycles. The second kappa shape index (κ2) is 7.41. The van der Waals surface area contributed by atoms with Crippen LogP contribution < -0.4 is 4.74 Å². The molecule has 0 fully saturated rings. The van der Waals surface area contributed by atoms with Crippen LogP contribution in [0.3, 0.4) is 0 Å². The zero-order valence-corrected chi connectivity index (χ0v) is 15.5. The molecular formula is C18H14BrFN2O2S. The van der Waals surface area contributed by atoms with Crippen molar-refractivity contribution in [3.05, 3.63) is 70.9 Å². The summed E-state index contributed by atoms with van der Waals surface area (Å²) in [5.74, 6) is -0.439. The van der Waals surface area contributed by atoms with Crippen molar-refractivity contribution in [3.8, 4) is 5.75 Å². The first-order valence-corrected chi connectivity index (χ1v) is 8.36. The van der Waals surface area contributed by atoms with Crippen LogP contribution in [0.25, 0.3) is 5.70 Å². The third kappa shape index (κ3) is 3.62. The standard InChI is InChI=1S/C18H13FN2O2S.BrH/c19-14-5-1-13(2-6-14)17(22)23-15-7-3-12(4-8-15)16-11-24-18-20-9-10-21(16)18;/h1-8,11H,9-10H2;1H. The maximum Gasteiger partial charge on any atom is 0.343 e. The van der Waals surface area contributed by atoms with Gasteiger partial charge < -0.3 is 9.64 Å². The number of esters is 1. The smallest absolute Gasteiger partial charge is 0.343 e. The molecule has 0 bridgehead atoms. The van der Waals surface area contributed by atoms with Crippen molar-refractivity contribution in [1.82, 2.24) is 4.90 Å². The summed E-state index contributed by atoms with van der Waals surface area (Å²) < 4.78 is 18.2. The minimum Gasteiger partial charge on any atom is -0.423 e. The number of thioether (sulfide) groups is 1. The summed E-state index contributed by atoms with van der Waals surface area (Å²) >= 11 is 1.63. The molecule has 0 atom stereocenters. The Kier molecular flexibility index (Phi) is 5.24. The maximum absolute atomic E-state index is 12.9. The Labute approximate surface area is 159 Å². The zero-order chi connectivity index (χ0) is 16.5. The van der Waals surface area contributed by atoms with Gasteiger partial charge in [0, 0.05) is 12.0 Å². The predicted molar refractivity (Wildman–Crippen MR) is 103 cm³/mol. The van der Waals surface area contributed by atoms with Crippen LogP contribution in [0.2, 0.25) is 0 Å². The molecule has 25 heavy (non-hydrogen) atoms. The number of carbonyl (C=O) groups excluding carboxylic acids is 1. The number of benzene rings is 2. The van der Waals surface area contributed by atoms with E-state index < -0.39 is 5.97 Å². The van der Waals surface area contributed by atoms with Crippen LogP contribution in [-0.4, -0.2) is 29.1 Å². The summed E-state index contributed by atoms with van der Waals surface area (Å²) in [6, 6.07) is 12.6. The number of hydrogen-bond donors (Lipinski definition) is 0. The maximum atomic E-state index is 12.9. The largest absolute Gasteiger partial charge is 0.423 e. The number of ether oxygens (including phenoxy) is 1. The van der Waals surface area contributed by atoms with Gasteiger partial charge in [-0.2, -0.15) is 0 Å². The van der Waals surface area contributed by atoms with Crippen molar-refractivity contribution >= 4 is 45.6 Å². The Bertz CT molecular complexity index is 850. The monoisotopic (exact) mass is 420 g/mol. The molecule has 2 heterocycles. The minimum absolute atomic E-state index is 0. The lowest BCUT2D eigenvalue weighted by molar-refractivity contribution is 0.0734. The van der Waals surface area contributed by atoms with Gasteiger partial charge in [0.15, 0.2) is 5.17 Å². The lowest BCUT2D eigenvalue weighted by Crippen LogP contribution is -2.19. The van der Waals surface area contributed by atoms with E-state index in [2.05, 4.69) is 15.3 Å². The summed E-state index contributed by atoms with van der Waals surface area (Å²) in [5.41, 5.74) is 2.48. The Morgan fingerprint density at radius 3 is 2.56 bits per heavy atom. The third-order valence-corrected chi connectivity index (χ3v) is 4.71. The van der Waals surface area contributed by atoms with Gasteiger partial charge in [0.2, 0.25) is 0 Å². The van der Waals surface area contributed by atoms with Gasteiger partial charge in [-0.15, -0.1) is 17.0 Å². The summed E-state index contributed by atoms with van der Waals surface area (Å²) in [5, 5.41) is 3.12. The molecular weight excluding hydrogens is 407 g/mol. The SMILES string of the molecule is Br.O=C(Oc1ccc(C2=CSC3=NCCN23)cc1)c1ccc(F)cc1. The van der Waals surface area contributed by atoms with Gasteiger partial charge in [0.25, 0.3) is 0 Å². The second-order valence-electron chi connectivity index (χ2n) is 5.36. The lowest BCUT2D eigenvalue weighted by Gasteiger charge is -2.16. The highest BCUT2D eigenvalue weighted by Gasteiger charge is 2.26. The van der Waals surface area contributed by atoms with E-state index in [0.717, 1.165) is 29.5 Å². The van der Waals surface area contributed by atoms with Crippen LogP contribution in [0.1, 0.15) is 15.9 Å². The van der Waals surface area contributed by atoms with Gasteiger partial charge >= 0.3 is 5.97 Å². The first kappa shape index (κ1) is 17.7. The molecule has 7 heteroatoms. The highest BCUT2D eigenvalue weighted by molar-refractivity contribution is 8.93. The van der Waals surface area contributed by atoms with Crippen molar-refractivity contribution in [3.63, 3.8) is 0 Å². The second-order valence-corrected chi connectivity index (χ2v) is 6.19. The molecule has 2 aliphatic rings. The molecule has 2 aromatic rings. The number of rotatable bonds is 3. The number of nitrogens with zero attached hydrogens (tertiary/aromatic N) is 2. The molecule has 4 nitrogen and oxygen atoms in total. The average Bonchev–Trinajstić information content (AvgIpc) is 3.20. The third-order valence-electron chi connectivity index (χ3n) is 3.81. The summed E-state index contributed by atoms with van der Waals surface area (Å²) in [7, 11) is 0. The quantitative estimate of drug-likeness (QED) is 0.546. The summed E-state index contributed by atoms with van der Waals surface area (Å²) in [4.78, 5) is 18.6. The minimum atomic E-state index is -0.507. The predicted octanol–water partition coefficient (Wildman–Crippen LogP) is 4.34. The molecule has 0 N–H and O–H groups in total. The van der Waals surface area contributed by atoms with Gasteiger partial charge in [-0.25, -0.2) is 9.18 Å². The number of carbonyl (C=O) groups is 1. The van der Waals surface area contributed by atoms with E-state index in [1.807, 2.05) is 12.1 Å². The highest BCUT2D eigenvalue weighted by Crippen LogP contribution is 2.35. The van der Waals surface area contributed by atoms with Crippen LogP contribution in [0, 0.1) is 5.82 Å². The molecule has 0 saturated carbocycles. The lowest BCUT2D eigenvalue weighted by atomic mass is 10.1. The van der Waals surface area contributed by atoms with Crippen LogP contribution in [-0.2, 0) is 0 Å². The molecule has 0 saturated heterocycles. The van der Waals surface area contributed by atoms with Crippen LogP contribution in [0.4, 0.5) is 4.39 Å². The molecule has 0 spiro atoms. The Hall–Kier alpha value is -2.12. The molecule has 0 radical (unpaired) electrons. The molecule has 0 aromatic heterocycles. The van der Waals surface area contributed by atoms with E-state index in [1.165, 1.54) is 24.3 Å². The van der Waals surface area contributed by atoms with Gasteiger partial charge in [-0.05, 0) is 54.1 Å². The number of halogens is 2. The fourth-order valence-corrected chi connectivity index (χ4v) is 3.56. The van der Waals surface area contributed by atoms with E-state index in [0.29, 0.717) is 11.3 Å². The van der Waals surface area contributed by atoms with Crippen molar-refractivity contribution in [2.24, 2.45) is 4.99 Å². The van der Waals surface area contributed by atoms with E-state index in [4.69, 9.17) is 4.74 Å². The van der Waals surface area contributed by atoms with Gasteiger partial charge in [-0.1, -0.05) is 11.8 Å². The van der Waals surface area contributed by atoms with Crippen molar-refractivity contribution in [2.45, 2.75) is 0 Å². The molecule has 2 aromatic carbocycles. The van der Waals surface area contributed by atoms with Gasteiger partial charge in [-0.3, -0.25) is 4.99 Å². The fraction of sp³-hybridized carbons (Fsp3) is 0.111. The number of amidine groups is 1. The van der Waals surface area contributed by atoms with Crippen molar-refractivity contribution < 1.29 is 13.9 Å². The molecule has 4 rings (SSSR count). The van der Waals surface area contributed by atoms with Gasteiger partial charge in [0.05, 0.1) is 17.8 Å². The number of aliphatic imine (C=N–C) groups is 1. The van der Waals surface area contributed by atoms with Crippen LogP contribution >= 0.6 is 28.7 Å². The number of hydrogen-bond acceptors (Lipinski definition) is 5. The van der Waals surface area contributed by atoms with E-state index in [-0.39, 0.29) is 22.8 Å². The first-order chi connectivity index (χ1) is 11.7. The molecule has 128 valence electrons. The average molecular weight is 421 g/mol. The van der Waals surface area contributed by atoms with Crippen molar-refractivity contribution in [2.75, 3.05) is 13.1 Å². The van der Waals surface area contributed by atoms with Gasteiger partial charge in [0.1, 0.15) is 11.6 Å². The summed E-state index contributed by atoms with van der Waals surface area (Å²) in [6.07, 6.45) is 0. The Morgan fingerprint density at radius 2 is 1.84 bits per heavy atom. The van der Waals surface area contributed by atoms with E-state index >= 15 is 0 Å². The highest BCUT2D eigenvalue weighted by atomic mass is 79.9. The molecule has 0 aliphatic carbocycles. The topological polar surface area (TPSA) is 41.9 Å². The zero-order valence-electron chi connectivity index (χ0n) is 13.0. The van der Waals surface area contributed by atoms with E-state index in [9.17, 15) is 9.18 Å². The van der Waals surface area contributed by atoms with Crippen LogP contribution in [0.5, 0.6) is 5.75 Å².